The van der Waals surface area contributed by atoms with E-state index >= 15 is 0 Å². The number of hydrogen-bond acceptors (Lipinski definition) is 3. The Morgan fingerprint density at radius 1 is 1.29 bits per heavy atom. The predicted octanol–water partition coefficient (Wildman–Crippen LogP) is 2.35. The summed E-state index contributed by atoms with van der Waals surface area (Å²) < 4.78 is 0. The van der Waals surface area contributed by atoms with E-state index in [2.05, 4.69) is 41.7 Å². The second-order valence-electron chi connectivity index (χ2n) is 4.89. The quantitative estimate of drug-likeness (QED) is 0.755. The molecule has 1 fully saturated rings. The summed E-state index contributed by atoms with van der Waals surface area (Å²) in [6.45, 7) is 6.57. The maximum Gasteiger partial charge on any atom is 0.128 e. The normalized spacial score (nSPS) is 26.2. The minimum absolute atomic E-state index is 0.479. The molecule has 2 heterocycles. The van der Waals surface area contributed by atoms with Crippen LogP contribution in [0.2, 0.25) is 0 Å². The van der Waals surface area contributed by atoms with Crippen LogP contribution in [0.15, 0.2) is 18.2 Å². The van der Waals surface area contributed by atoms with Gasteiger partial charge in [-0.3, -0.25) is 4.90 Å². The van der Waals surface area contributed by atoms with Crippen molar-refractivity contribution in [1.82, 2.24) is 9.88 Å². The van der Waals surface area contributed by atoms with Gasteiger partial charge in [-0.25, -0.2) is 4.98 Å². The lowest BCUT2D eigenvalue weighted by molar-refractivity contribution is 0.169. The van der Waals surface area contributed by atoms with Gasteiger partial charge in [0.15, 0.2) is 0 Å². The topological polar surface area (TPSA) is 19.4 Å². The van der Waals surface area contributed by atoms with Crippen LogP contribution in [0.3, 0.4) is 0 Å². The first-order valence-corrected chi connectivity index (χ1v) is 6.64. The highest BCUT2D eigenvalue weighted by molar-refractivity contribution is 6.16. The molecule has 1 saturated heterocycles. The predicted molar refractivity (Wildman–Crippen MR) is 72.7 cm³/mol. The van der Waals surface area contributed by atoms with E-state index in [1.165, 1.54) is 0 Å². The molecule has 1 aromatic rings. The van der Waals surface area contributed by atoms with Crippen molar-refractivity contribution in [2.75, 3.05) is 25.0 Å². The van der Waals surface area contributed by atoms with Gasteiger partial charge in [0.2, 0.25) is 0 Å². The third-order valence-corrected chi connectivity index (χ3v) is 3.89. The van der Waals surface area contributed by atoms with Crippen molar-refractivity contribution >= 4 is 17.4 Å². The third-order valence-electron chi connectivity index (χ3n) is 3.61. The van der Waals surface area contributed by atoms with Crippen LogP contribution in [0.1, 0.15) is 19.5 Å². The average molecular weight is 254 g/mol. The van der Waals surface area contributed by atoms with Crippen molar-refractivity contribution in [3.05, 3.63) is 23.9 Å². The molecule has 0 aliphatic carbocycles. The van der Waals surface area contributed by atoms with E-state index in [0.717, 1.165) is 24.6 Å². The summed E-state index contributed by atoms with van der Waals surface area (Å²) in [7, 11) is 2.19. The molecule has 0 saturated carbocycles. The zero-order chi connectivity index (χ0) is 12.4. The van der Waals surface area contributed by atoms with Crippen molar-refractivity contribution in [2.45, 2.75) is 31.8 Å². The molecule has 1 aromatic heterocycles. The first kappa shape index (κ1) is 12.7. The van der Waals surface area contributed by atoms with E-state index in [9.17, 15) is 0 Å². The second kappa shape index (κ2) is 5.23. The van der Waals surface area contributed by atoms with Crippen molar-refractivity contribution in [2.24, 2.45) is 0 Å². The van der Waals surface area contributed by atoms with E-state index in [1.807, 2.05) is 12.1 Å². The first-order valence-electron chi connectivity index (χ1n) is 6.10. The van der Waals surface area contributed by atoms with Gasteiger partial charge in [-0.15, -0.1) is 11.6 Å². The molecule has 0 spiro atoms. The molecule has 0 N–H and O–H groups in total. The zero-order valence-corrected chi connectivity index (χ0v) is 11.5. The Bertz CT molecular complexity index is 371. The Morgan fingerprint density at radius 3 is 2.53 bits per heavy atom. The fourth-order valence-electron chi connectivity index (χ4n) is 2.31. The van der Waals surface area contributed by atoms with Gasteiger partial charge in [0.25, 0.3) is 0 Å². The third kappa shape index (κ3) is 2.72. The number of nitrogens with zero attached hydrogens (tertiary/aromatic N) is 3. The molecule has 17 heavy (non-hydrogen) atoms. The van der Waals surface area contributed by atoms with Crippen LogP contribution in [-0.2, 0) is 5.88 Å². The van der Waals surface area contributed by atoms with Gasteiger partial charge in [-0.1, -0.05) is 6.07 Å². The molecule has 3 nitrogen and oxygen atoms in total. The van der Waals surface area contributed by atoms with Crippen molar-refractivity contribution in [1.29, 1.82) is 0 Å². The molecule has 0 radical (unpaired) electrons. The Morgan fingerprint density at radius 2 is 1.94 bits per heavy atom. The molecule has 0 aromatic carbocycles. The molecular formula is C13H20ClN3. The van der Waals surface area contributed by atoms with Crippen LogP contribution >= 0.6 is 11.6 Å². The number of anilines is 1. The lowest BCUT2D eigenvalue weighted by atomic mass is 10.1. The highest BCUT2D eigenvalue weighted by atomic mass is 35.5. The number of alkyl halides is 1. The molecule has 4 heteroatoms. The summed E-state index contributed by atoms with van der Waals surface area (Å²) in [5.41, 5.74) is 0.948. The van der Waals surface area contributed by atoms with Crippen LogP contribution in [0.5, 0.6) is 0 Å². The second-order valence-corrected chi connectivity index (χ2v) is 5.16. The molecule has 0 bridgehead atoms. The monoisotopic (exact) mass is 253 g/mol. The molecule has 94 valence electrons. The van der Waals surface area contributed by atoms with Gasteiger partial charge in [-0.2, -0.15) is 0 Å². The standard InChI is InChI=1S/C13H20ClN3/c1-10-8-17(9-11(2)16(10)3)13-6-4-5-12(7-14)15-13/h4-6,10-11H,7-9H2,1-3H3. The number of piperazine rings is 1. The largest absolute Gasteiger partial charge is 0.353 e. The Hall–Kier alpha value is -0.800. The van der Waals surface area contributed by atoms with Crippen molar-refractivity contribution in [3.63, 3.8) is 0 Å². The van der Waals surface area contributed by atoms with Crippen molar-refractivity contribution in [3.8, 4) is 0 Å². The molecule has 0 amide bonds. The highest BCUT2D eigenvalue weighted by Crippen LogP contribution is 2.20. The average Bonchev–Trinajstić information content (AvgIpc) is 2.35. The van der Waals surface area contributed by atoms with E-state index in [1.54, 1.807) is 0 Å². The van der Waals surface area contributed by atoms with Gasteiger partial charge >= 0.3 is 0 Å². The lowest BCUT2D eigenvalue weighted by Crippen LogP contribution is -2.55. The Kier molecular flexibility index (Phi) is 3.89. The maximum absolute atomic E-state index is 5.83. The van der Waals surface area contributed by atoms with Gasteiger partial charge in [0.05, 0.1) is 11.6 Å². The minimum Gasteiger partial charge on any atom is -0.353 e. The number of aromatic nitrogens is 1. The van der Waals surface area contributed by atoms with Gasteiger partial charge < -0.3 is 4.90 Å². The molecule has 2 atom stereocenters. The summed E-state index contributed by atoms with van der Waals surface area (Å²) in [6, 6.07) is 7.19. The first-order chi connectivity index (χ1) is 8.11. The summed E-state index contributed by atoms with van der Waals surface area (Å²) in [6.07, 6.45) is 0. The molecule has 1 aliphatic rings. The summed E-state index contributed by atoms with van der Waals surface area (Å²) in [5.74, 6) is 1.53. The lowest BCUT2D eigenvalue weighted by Gasteiger charge is -2.43. The fourth-order valence-corrected chi connectivity index (χ4v) is 2.46. The molecular weight excluding hydrogens is 234 g/mol. The van der Waals surface area contributed by atoms with E-state index < -0.39 is 0 Å². The van der Waals surface area contributed by atoms with Gasteiger partial charge in [0.1, 0.15) is 5.82 Å². The maximum atomic E-state index is 5.83. The summed E-state index contributed by atoms with van der Waals surface area (Å²) >= 11 is 5.83. The Labute approximate surface area is 108 Å². The number of pyridine rings is 1. The number of halogens is 1. The minimum atomic E-state index is 0.479. The van der Waals surface area contributed by atoms with Crippen LogP contribution in [0.25, 0.3) is 0 Å². The molecule has 1 aliphatic heterocycles. The van der Waals surface area contributed by atoms with Crippen LogP contribution in [0, 0.1) is 0 Å². The van der Waals surface area contributed by atoms with Crippen molar-refractivity contribution < 1.29 is 0 Å². The van der Waals surface area contributed by atoms with E-state index in [0.29, 0.717) is 18.0 Å². The Balaban J connectivity index is 2.16. The van der Waals surface area contributed by atoms with Gasteiger partial charge in [0, 0.05) is 25.2 Å². The smallest absolute Gasteiger partial charge is 0.128 e. The van der Waals surface area contributed by atoms with Crippen LogP contribution in [0.4, 0.5) is 5.82 Å². The van der Waals surface area contributed by atoms with Crippen LogP contribution in [-0.4, -0.2) is 42.1 Å². The van der Waals surface area contributed by atoms with E-state index in [4.69, 9.17) is 11.6 Å². The number of likely N-dealkylation sites (N-methyl/N-ethyl adjacent to an activating group) is 1. The SMILES string of the molecule is CC1CN(c2cccc(CCl)n2)CC(C)N1C. The summed E-state index contributed by atoms with van der Waals surface area (Å²) in [5, 5.41) is 0. The number of hydrogen-bond donors (Lipinski definition) is 0. The fraction of sp³-hybridized carbons (Fsp3) is 0.615. The zero-order valence-electron chi connectivity index (χ0n) is 10.7. The summed E-state index contributed by atoms with van der Waals surface area (Å²) in [4.78, 5) is 9.36. The van der Waals surface area contributed by atoms with E-state index in [-0.39, 0.29) is 0 Å². The molecule has 2 rings (SSSR count). The highest BCUT2D eigenvalue weighted by Gasteiger charge is 2.27. The number of rotatable bonds is 2. The van der Waals surface area contributed by atoms with Crippen LogP contribution < -0.4 is 4.90 Å². The molecule has 2 unspecified atom stereocenters. The van der Waals surface area contributed by atoms with Gasteiger partial charge in [-0.05, 0) is 33.0 Å².